The molecule has 0 spiro atoms. The van der Waals surface area contributed by atoms with Crippen molar-refractivity contribution in [1.82, 2.24) is 9.59 Å². The molecule has 0 aliphatic carbocycles. The zero-order valence-electron chi connectivity index (χ0n) is 10.9. The van der Waals surface area contributed by atoms with Crippen LogP contribution in [-0.2, 0) is 14.6 Å². The van der Waals surface area contributed by atoms with Gasteiger partial charge in [-0.3, -0.25) is 0 Å². The molecule has 0 radical (unpaired) electrons. The molecular weight excluding hydrogens is 300 g/mol. The predicted octanol–water partition coefficient (Wildman–Crippen LogP) is 1.86. The van der Waals surface area contributed by atoms with Crippen LogP contribution in [0.25, 0.3) is 0 Å². The third kappa shape index (κ3) is 2.70. The zero-order valence-corrected chi connectivity index (χ0v) is 12.5. The first-order chi connectivity index (χ1) is 9.46. The van der Waals surface area contributed by atoms with Crippen LogP contribution >= 0.6 is 11.5 Å². The van der Waals surface area contributed by atoms with E-state index in [-0.39, 0.29) is 21.4 Å². The maximum Gasteiger partial charge on any atom is 0.361 e. The van der Waals surface area contributed by atoms with Crippen molar-refractivity contribution in [3.63, 3.8) is 0 Å². The first-order valence-electron chi connectivity index (χ1n) is 5.78. The molecule has 2 rings (SSSR count). The SMILES string of the molecule is CCOC(=O)c1nnsc1S(=O)(=O)c1ccc(C)cc1. The van der Waals surface area contributed by atoms with Gasteiger partial charge in [0.2, 0.25) is 15.5 Å². The van der Waals surface area contributed by atoms with Crippen LogP contribution in [-0.4, -0.2) is 30.6 Å². The number of benzene rings is 1. The number of ether oxygens (including phenoxy) is 1. The summed E-state index contributed by atoms with van der Waals surface area (Å²) in [6.07, 6.45) is 0. The zero-order chi connectivity index (χ0) is 14.8. The Balaban J connectivity index is 2.48. The minimum atomic E-state index is -3.81. The molecule has 0 saturated heterocycles. The number of nitrogens with zero attached hydrogens (tertiary/aromatic N) is 2. The summed E-state index contributed by atoms with van der Waals surface area (Å²) in [5, 5.41) is 3.56. The number of esters is 1. The summed E-state index contributed by atoms with van der Waals surface area (Å²) in [6.45, 7) is 3.63. The van der Waals surface area contributed by atoms with Crippen molar-refractivity contribution in [2.45, 2.75) is 23.0 Å². The Bertz CT molecular complexity index is 720. The second-order valence-corrected chi connectivity index (χ2v) is 6.85. The molecule has 0 unspecified atom stereocenters. The Morgan fingerprint density at radius 1 is 1.30 bits per heavy atom. The number of carbonyl (C=O) groups is 1. The molecule has 0 N–H and O–H groups in total. The Morgan fingerprint density at radius 3 is 2.55 bits per heavy atom. The van der Waals surface area contributed by atoms with Crippen molar-refractivity contribution < 1.29 is 17.9 Å². The van der Waals surface area contributed by atoms with Crippen LogP contribution in [0.1, 0.15) is 23.0 Å². The smallest absolute Gasteiger partial charge is 0.361 e. The van der Waals surface area contributed by atoms with Gasteiger partial charge in [-0.05, 0) is 26.0 Å². The van der Waals surface area contributed by atoms with Gasteiger partial charge in [-0.1, -0.05) is 22.2 Å². The number of hydrogen-bond donors (Lipinski definition) is 0. The van der Waals surface area contributed by atoms with Crippen LogP contribution in [0.4, 0.5) is 0 Å². The van der Waals surface area contributed by atoms with Crippen LogP contribution in [0.5, 0.6) is 0 Å². The number of rotatable bonds is 4. The van der Waals surface area contributed by atoms with Crippen molar-refractivity contribution in [2.24, 2.45) is 0 Å². The lowest BCUT2D eigenvalue weighted by Gasteiger charge is -2.04. The fraction of sp³-hybridized carbons (Fsp3) is 0.250. The lowest BCUT2D eigenvalue weighted by Crippen LogP contribution is -2.11. The van der Waals surface area contributed by atoms with E-state index in [9.17, 15) is 13.2 Å². The molecule has 0 aliphatic heterocycles. The Morgan fingerprint density at radius 2 is 1.95 bits per heavy atom. The highest BCUT2D eigenvalue weighted by Crippen LogP contribution is 2.26. The molecule has 2 aromatic rings. The van der Waals surface area contributed by atoms with Gasteiger partial charge in [0.1, 0.15) is 0 Å². The molecule has 0 bridgehead atoms. The van der Waals surface area contributed by atoms with Gasteiger partial charge < -0.3 is 4.74 Å². The molecule has 1 heterocycles. The molecule has 0 atom stereocenters. The second-order valence-electron chi connectivity index (χ2n) is 3.95. The third-order valence-corrected chi connectivity index (χ3v) is 5.48. The monoisotopic (exact) mass is 312 g/mol. The lowest BCUT2D eigenvalue weighted by atomic mass is 10.2. The number of carbonyl (C=O) groups excluding carboxylic acids is 1. The van der Waals surface area contributed by atoms with E-state index in [0.29, 0.717) is 11.5 Å². The summed E-state index contributed by atoms with van der Waals surface area (Å²) < 4.78 is 33.0. The summed E-state index contributed by atoms with van der Waals surface area (Å²) in [4.78, 5) is 11.8. The molecule has 1 aromatic heterocycles. The average Bonchev–Trinajstić information content (AvgIpc) is 2.89. The molecule has 0 amide bonds. The summed E-state index contributed by atoms with van der Waals surface area (Å²) in [5.41, 5.74) is 0.675. The summed E-state index contributed by atoms with van der Waals surface area (Å²) in [7, 11) is -3.81. The summed E-state index contributed by atoms with van der Waals surface area (Å²) >= 11 is 0.660. The highest BCUT2D eigenvalue weighted by atomic mass is 32.2. The highest BCUT2D eigenvalue weighted by molar-refractivity contribution is 7.93. The summed E-state index contributed by atoms with van der Waals surface area (Å²) in [6, 6.07) is 6.34. The van der Waals surface area contributed by atoms with Crippen molar-refractivity contribution in [3.8, 4) is 0 Å². The van der Waals surface area contributed by atoms with Crippen LogP contribution in [0, 0.1) is 6.92 Å². The van der Waals surface area contributed by atoms with E-state index in [4.69, 9.17) is 4.74 Å². The van der Waals surface area contributed by atoms with Gasteiger partial charge in [0.15, 0.2) is 4.21 Å². The van der Waals surface area contributed by atoms with E-state index < -0.39 is 15.8 Å². The average molecular weight is 312 g/mol. The van der Waals surface area contributed by atoms with Gasteiger partial charge in [-0.2, -0.15) is 0 Å². The quantitative estimate of drug-likeness (QED) is 0.801. The molecule has 0 saturated carbocycles. The van der Waals surface area contributed by atoms with E-state index in [0.717, 1.165) is 5.56 Å². The van der Waals surface area contributed by atoms with Gasteiger partial charge >= 0.3 is 5.97 Å². The Labute approximate surface area is 120 Å². The molecule has 0 aliphatic rings. The normalized spacial score (nSPS) is 11.3. The Kier molecular flexibility index (Phi) is 4.15. The molecule has 8 heteroatoms. The van der Waals surface area contributed by atoms with E-state index in [1.54, 1.807) is 19.1 Å². The fourth-order valence-electron chi connectivity index (χ4n) is 1.51. The predicted molar refractivity (Wildman–Crippen MR) is 72.5 cm³/mol. The van der Waals surface area contributed by atoms with Crippen LogP contribution in [0.15, 0.2) is 33.4 Å². The molecular formula is C12H12N2O4S2. The third-order valence-electron chi connectivity index (χ3n) is 2.50. The first-order valence-corrected chi connectivity index (χ1v) is 8.03. The van der Waals surface area contributed by atoms with Crippen molar-refractivity contribution in [3.05, 3.63) is 35.5 Å². The van der Waals surface area contributed by atoms with Gasteiger partial charge in [-0.25, -0.2) is 13.2 Å². The second kappa shape index (κ2) is 5.68. The Hall–Kier alpha value is -1.80. The number of aryl methyl sites for hydroxylation is 1. The minimum absolute atomic E-state index is 0.0969. The maximum atomic E-state index is 12.5. The summed E-state index contributed by atoms with van der Waals surface area (Å²) in [5.74, 6) is -0.785. The molecule has 1 aromatic carbocycles. The van der Waals surface area contributed by atoms with Gasteiger partial charge in [0.25, 0.3) is 0 Å². The molecule has 20 heavy (non-hydrogen) atoms. The van der Waals surface area contributed by atoms with E-state index in [2.05, 4.69) is 9.59 Å². The van der Waals surface area contributed by atoms with E-state index in [1.165, 1.54) is 12.1 Å². The number of hydrogen-bond acceptors (Lipinski definition) is 7. The van der Waals surface area contributed by atoms with Crippen LogP contribution in [0.2, 0.25) is 0 Å². The van der Waals surface area contributed by atoms with Crippen molar-refractivity contribution in [2.75, 3.05) is 6.61 Å². The fourth-order valence-corrected chi connectivity index (χ4v) is 3.78. The standard InChI is InChI=1S/C12H12N2O4S2/c1-3-18-11(15)10-12(19-14-13-10)20(16,17)9-6-4-8(2)5-7-9/h4-7H,3H2,1-2H3. The van der Waals surface area contributed by atoms with Gasteiger partial charge in [0, 0.05) is 11.5 Å². The van der Waals surface area contributed by atoms with Crippen molar-refractivity contribution in [1.29, 1.82) is 0 Å². The minimum Gasteiger partial charge on any atom is -0.461 e. The largest absolute Gasteiger partial charge is 0.461 e. The molecule has 106 valence electrons. The maximum absolute atomic E-state index is 12.5. The number of aromatic nitrogens is 2. The van der Waals surface area contributed by atoms with E-state index in [1.807, 2.05) is 6.92 Å². The van der Waals surface area contributed by atoms with Gasteiger partial charge in [-0.15, -0.1) is 5.10 Å². The van der Waals surface area contributed by atoms with E-state index >= 15 is 0 Å². The van der Waals surface area contributed by atoms with Gasteiger partial charge in [0.05, 0.1) is 11.5 Å². The molecule has 0 fully saturated rings. The highest BCUT2D eigenvalue weighted by Gasteiger charge is 2.29. The molecule has 6 nitrogen and oxygen atoms in total. The number of sulfone groups is 1. The first kappa shape index (κ1) is 14.6. The van der Waals surface area contributed by atoms with Crippen LogP contribution in [0.3, 0.4) is 0 Å². The van der Waals surface area contributed by atoms with Crippen LogP contribution < -0.4 is 0 Å². The van der Waals surface area contributed by atoms with Crippen molar-refractivity contribution >= 4 is 27.3 Å². The lowest BCUT2D eigenvalue weighted by molar-refractivity contribution is 0.0515. The topological polar surface area (TPSA) is 86.2 Å².